The molecule has 0 bridgehead atoms. The molecule has 1 aromatic carbocycles. The molecule has 0 atom stereocenters. The number of nitrogens with one attached hydrogen (secondary N) is 2. The third kappa shape index (κ3) is 4.34. The van der Waals surface area contributed by atoms with Gasteiger partial charge in [-0.1, -0.05) is 17.3 Å². The average molecular weight is 365 g/mol. The second-order valence-corrected chi connectivity index (χ2v) is 6.16. The Hall–Kier alpha value is -2.55. The fraction of sp³-hybridized carbons (Fsp3) is 0.471. The van der Waals surface area contributed by atoms with Gasteiger partial charge in [0.05, 0.1) is 11.7 Å². The highest BCUT2D eigenvalue weighted by Gasteiger charge is 2.22. The van der Waals surface area contributed by atoms with Crippen molar-refractivity contribution in [3.63, 3.8) is 0 Å². The first kappa shape index (κ1) is 18.2. The molecule has 2 aromatic rings. The molecule has 140 valence electrons. The Bertz CT molecular complexity index is 759. The first-order valence-electron chi connectivity index (χ1n) is 8.49. The number of carbonyl (C=O) groups excluding carboxylic acids is 1. The summed E-state index contributed by atoms with van der Waals surface area (Å²) < 4.78 is 30.7. The van der Waals surface area contributed by atoms with E-state index >= 15 is 0 Å². The number of nitrogens with zero attached hydrogens (tertiary/aromatic N) is 3. The molecule has 1 saturated heterocycles. The third-order valence-electron chi connectivity index (χ3n) is 4.37. The van der Waals surface area contributed by atoms with Gasteiger partial charge in [0.2, 0.25) is 0 Å². The molecule has 1 fully saturated rings. The van der Waals surface area contributed by atoms with Gasteiger partial charge in [-0.05, 0) is 50.6 Å². The predicted molar refractivity (Wildman–Crippen MR) is 90.1 cm³/mol. The highest BCUT2D eigenvalue weighted by atomic mass is 19.3. The van der Waals surface area contributed by atoms with E-state index in [9.17, 15) is 13.6 Å². The maximum atomic E-state index is 12.4. The molecule has 0 aliphatic carbocycles. The van der Waals surface area contributed by atoms with E-state index in [1.165, 1.54) is 12.1 Å². The summed E-state index contributed by atoms with van der Waals surface area (Å²) in [5.41, 5.74) is 1.66. The number of carbonyl (C=O) groups is 1. The molecule has 0 spiro atoms. The summed E-state index contributed by atoms with van der Waals surface area (Å²) in [7, 11) is 0. The average Bonchev–Trinajstić information content (AvgIpc) is 3.02. The van der Waals surface area contributed by atoms with Crippen LogP contribution in [0.4, 0.5) is 8.78 Å². The number of halogens is 2. The van der Waals surface area contributed by atoms with E-state index in [1.807, 2.05) is 11.6 Å². The highest BCUT2D eigenvalue weighted by Crippen LogP contribution is 2.20. The molecule has 2 N–H and O–H groups in total. The SMILES string of the molecule is Cc1c(C(=O)NCc2cccc(OC(F)F)c2)nnn1C1CCNCC1. The summed E-state index contributed by atoms with van der Waals surface area (Å²) in [6.45, 7) is 0.963. The van der Waals surface area contributed by atoms with Gasteiger partial charge in [0.1, 0.15) is 5.75 Å². The molecule has 26 heavy (non-hydrogen) atoms. The zero-order chi connectivity index (χ0) is 18.5. The molecule has 0 saturated carbocycles. The van der Waals surface area contributed by atoms with Crippen LogP contribution in [0.25, 0.3) is 0 Å². The van der Waals surface area contributed by atoms with Gasteiger partial charge in [-0.15, -0.1) is 5.10 Å². The Labute approximate surface area is 149 Å². The Morgan fingerprint density at radius 2 is 2.19 bits per heavy atom. The van der Waals surface area contributed by atoms with Crippen molar-refractivity contribution in [2.45, 2.75) is 39.0 Å². The number of benzene rings is 1. The van der Waals surface area contributed by atoms with Crippen molar-refractivity contribution in [2.75, 3.05) is 13.1 Å². The van der Waals surface area contributed by atoms with E-state index in [1.54, 1.807) is 12.1 Å². The molecule has 1 aliphatic rings. The Kier molecular flexibility index (Phi) is 5.77. The minimum atomic E-state index is -2.88. The molecular weight excluding hydrogens is 344 g/mol. The zero-order valence-corrected chi connectivity index (χ0v) is 14.4. The van der Waals surface area contributed by atoms with Crippen molar-refractivity contribution in [3.8, 4) is 5.75 Å². The molecule has 0 radical (unpaired) electrons. The number of rotatable bonds is 6. The lowest BCUT2D eigenvalue weighted by molar-refractivity contribution is -0.0498. The molecule has 1 amide bonds. The van der Waals surface area contributed by atoms with Crippen LogP contribution in [0.5, 0.6) is 5.75 Å². The van der Waals surface area contributed by atoms with Crippen molar-refractivity contribution >= 4 is 5.91 Å². The van der Waals surface area contributed by atoms with Crippen LogP contribution >= 0.6 is 0 Å². The Morgan fingerprint density at radius 3 is 2.92 bits per heavy atom. The van der Waals surface area contributed by atoms with Gasteiger partial charge >= 0.3 is 6.61 Å². The first-order chi connectivity index (χ1) is 12.5. The molecule has 3 rings (SSSR count). The monoisotopic (exact) mass is 365 g/mol. The van der Waals surface area contributed by atoms with Gasteiger partial charge in [-0.3, -0.25) is 4.79 Å². The van der Waals surface area contributed by atoms with E-state index in [4.69, 9.17) is 0 Å². The van der Waals surface area contributed by atoms with Gasteiger partial charge in [-0.2, -0.15) is 8.78 Å². The van der Waals surface area contributed by atoms with Crippen LogP contribution in [-0.2, 0) is 6.54 Å². The first-order valence-corrected chi connectivity index (χ1v) is 8.49. The van der Waals surface area contributed by atoms with Crippen LogP contribution in [0.1, 0.15) is 40.6 Å². The van der Waals surface area contributed by atoms with Crippen LogP contribution < -0.4 is 15.4 Å². The van der Waals surface area contributed by atoms with Crippen molar-refractivity contribution in [1.82, 2.24) is 25.6 Å². The van der Waals surface area contributed by atoms with Gasteiger partial charge in [0, 0.05) is 6.54 Å². The molecular formula is C17H21F2N5O2. The number of hydrogen-bond acceptors (Lipinski definition) is 5. The lowest BCUT2D eigenvalue weighted by Crippen LogP contribution is -2.30. The summed E-state index contributed by atoms with van der Waals surface area (Å²) in [6.07, 6.45) is 1.89. The van der Waals surface area contributed by atoms with Crippen molar-refractivity contribution in [2.24, 2.45) is 0 Å². The minimum absolute atomic E-state index is 0.0554. The third-order valence-corrected chi connectivity index (χ3v) is 4.37. The van der Waals surface area contributed by atoms with Crippen molar-refractivity contribution < 1.29 is 18.3 Å². The lowest BCUT2D eigenvalue weighted by atomic mass is 10.1. The van der Waals surface area contributed by atoms with Crippen LogP contribution in [0.15, 0.2) is 24.3 Å². The van der Waals surface area contributed by atoms with Crippen LogP contribution in [0, 0.1) is 6.92 Å². The zero-order valence-electron chi connectivity index (χ0n) is 14.4. The van der Waals surface area contributed by atoms with Gasteiger partial charge < -0.3 is 15.4 Å². The topological polar surface area (TPSA) is 81.1 Å². The Balaban J connectivity index is 1.63. The quantitative estimate of drug-likeness (QED) is 0.819. The predicted octanol–water partition coefficient (Wildman–Crippen LogP) is 2.04. The highest BCUT2D eigenvalue weighted by molar-refractivity contribution is 5.93. The maximum absolute atomic E-state index is 12.4. The smallest absolute Gasteiger partial charge is 0.387 e. The minimum Gasteiger partial charge on any atom is -0.435 e. The van der Waals surface area contributed by atoms with Crippen LogP contribution in [-0.4, -0.2) is 40.6 Å². The standard InChI is InChI=1S/C17H21F2N5O2/c1-11-15(22-23-24(11)13-5-7-20-8-6-13)16(25)21-10-12-3-2-4-14(9-12)26-17(18)19/h2-4,9,13,17,20H,5-8,10H2,1H3,(H,21,25). The van der Waals surface area contributed by atoms with E-state index in [2.05, 4.69) is 25.7 Å². The second kappa shape index (κ2) is 8.22. The van der Waals surface area contributed by atoms with Crippen molar-refractivity contribution in [3.05, 3.63) is 41.2 Å². The summed E-state index contributed by atoms with van der Waals surface area (Å²) >= 11 is 0. The van der Waals surface area contributed by atoms with Crippen LogP contribution in [0.3, 0.4) is 0 Å². The number of ether oxygens (including phenoxy) is 1. The summed E-state index contributed by atoms with van der Waals surface area (Å²) in [5.74, 6) is -0.289. The molecule has 7 nitrogen and oxygen atoms in total. The summed E-state index contributed by atoms with van der Waals surface area (Å²) in [4.78, 5) is 12.4. The number of hydrogen-bond donors (Lipinski definition) is 2. The number of piperidine rings is 1. The molecule has 1 aliphatic heterocycles. The van der Waals surface area contributed by atoms with Crippen LogP contribution in [0.2, 0.25) is 0 Å². The van der Waals surface area contributed by atoms with Gasteiger partial charge in [0.25, 0.3) is 5.91 Å². The number of alkyl halides is 2. The lowest BCUT2D eigenvalue weighted by Gasteiger charge is -2.23. The second-order valence-electron chi connectivity index (χ2n) is 6.16. The van der Waals surface area contributed by atoms with E-state index in [0.29, 0.717) is 5.56 Å². The van der Waals surface area contributed by atoms with Gasteiger partial charge in [0.15, 0.2) is 5.69 Å². The fourth-order valence-corrected chi connectivity index (χ4v) is 3.05. The maximum Gasteiger partial charge on any atom is 0.387 e. The summed E-state index contributed by atoms with van der Waals surface area (Å²) in [6, 6.07) is 6.46. The molecule has 1 aromatic heterocycles. The normalized spacial score (nSPS) is 15.2. The number of aromatic nitrogens is 3. The molecule has 9 heteroatoms. The van der Waals surface area contributed by atoms with E-state index in [0.717, 1.165) is 31.6 Å². The number of amides is 1. The Morgan fingerprint density at radius 1 is 1.42 bits per heavy atom. The summed E-state index contributed by atoms with van der Waals surface area (Å²) in [5, 5.41) is 14.2. The van der Waals surface area contributed by atoms with E-state index in [-0.39, 0.29) is 29.9 Å². The molecule has 0 unspecified atom stereocenters. The van der Waals surface area contributed by atoms with Gasteiger partial charge in [-0.25, -0.2) is 4.68 Å². The largest absolute Gasteiger partial charge is 0.435 e. The van der Waals surface area contributed by atoms with E-state index < -0.39 is 6.61 Å². The molecule has 2 heterocycles. The van der Waals surface area contributed by atoms with Crippen molar-refractivity contribution in [1.29, 1.82) is 0 Å². The fourth-order valence-electron chi connectivity index (χ4n) is 3.05.